The Balaban J connectivity index is 2.02. The summed E-state index contributed by atoms with van der Waals surface area (Å²) in [5.41, 5.74) is 0. The Bertz CT molecular complexity index is 83.7. The maximum atomic E-state index is 5.25. The van der Waals surface area contributed by atoms with Gasteiger partial charge in [-0.3, -0.25) is 0 Å². The molecule has 1 aliphatic heterocycles. The predicted octanol–water partition coefficient (Wildman–Crippen LogP) is -1.12. The fourth-order valence-corrected chi connectivity index (χ4v) is 1.43. The van der Waals surface area contributed by atoms with Crippen LogP contribution in [0.2, 0.25) is 6.04 Å². The van der Waals surface area contributed by atoms with Crippen molar-refractivity contribution in [1.29, 1.82) is 0 Å². The fraction of sp³-hybridized carbons (Fsp3) is 1.00. The molecule has 0 bridgehead atoms. The van der Waals surface area contributed by atoms with Gasteiger partial charge in [-0.15, -0.1) is 0 Å². The first-order valence-electron chi connectivity index (χ1n) is 3.99. The number of morpholine rings is 1. The van der Waals surface area contributed by atoms with Crippen LogP contribution in [0.25, 0.3) is 0 Å². The van der Waals surface area contributed by atoms with Crippen molar-refractivity contribution in [3.8, 4) is 0 Å². The molecule has 1 fully saturated rings. The molecule has 10 heavy (non-hydrogen) atoms. The molecule has 1 heterocycles. The average molecular weight is 157 g/mol. The molecule has 1 N–H and O–H groups in total. The topological polar surface area (TPSA) is 13.7 Å². The summed E-state index contributed by atoms with van der Waals surface area (Å²) in [6, 6.07) is 1.13. The minimum Gasteiger partial charge on any atom is -0.370 e. The van der Waals surface area contributed by atoms with E-state index in [4.69, 9.17) is 4.74 Å². The van der Waals surface area contributed by atoms with Crippen LogP contribution in [0, 0.1) is 0 Å². The van der Waals surface area contributed by atoms with E-state index in [1.807, 2.05) is 0 Å². The van der Waals surface area contributed by atoms with E-state index in [2.05, 4.69) is 10.2 Å². The molecule has 0 aromatic carbocycles. The summed E-state index contributed by atoms with van der Waals surface area (Å²) in [5.74, 6) is 0. The molecule has 2 nitrogen and oxygen atoms in total. The number of ether oxygens (including phenoxy) is 1. The Morgan fingerprint density at radius 2 is 2.00 bits per heavy atom. The average Bonchev–Trinajstić information content (AvgIpc) is 2.03. The lowest BCUT2D eigenvalue weighted by atomic mass is 10.3. The minimum atomic E-state index is 0.955. The van der Waals surface area contributed by atoms with Gasteiger partial charge in [-0.2, -0.15) is 0 Å². The predicted molar refractivity (Wildman–Crippen MR) is 41.6 cm³/mol. The molecule has 1 saturated heterocycles. The zero-order valence-electron chi connectivity index (χ0n) is 6.36. The summed E-state index contributed by atoms with van der Waals surface area (Å²) in [4.78, 5) is 1.70. The van der Waals surface area contributed by atoms with Crippen LogP contribution in [0.3, 0.4) is 0 Å². The summed E-state index contributed by atoms with van der Waals surface area (Å²) < 4.78 is 5.25. The lowest BCUT2D eigenvalue weighted by Gasteiger charge is -2.23. The lowest BCUT2D eigenvalue weighted by molar-refractivity contribution is -0.908. The first kappa shape index (κ1) is 8.24. The van der Waals surface area contributed by atoms with Gasteiger partial charge in [-0.25, -0.2) is 0 Å². The van der Waals surface area contributed by atoms with Crippen LogP contribution in [0.15, 0.2) is 0 Å². The summed E-state index contributed by atoms with van der Waals surface area (Å²) >= 11 is 0. The minimum absolute atomic E-state index is 0.955. The highest BCUT2D eigenvalue weighted by Crippen LogP contribution is 1.80. The Hall–Kier alpha value is 0.137. The molecule has 3 radical (unpaired) electrons. The lowest BCUT2D eigenvalue weighted by Crippen LogP contribution is -3.14. The van der Waals surface area contributed by atoms with E-state index in [1.54, 1.807) is 4.90 Å². The largest absolute Gasteiger partial charge is 0.370 e. The number of rotatable bonds is 3. The quantitative estimate of drug-likeness (QED) is 0.512. The molecule has 0 saturated carbocycles. The fourth-order valence-electron chi connectivity index (χ4n) is 1.25. The SMILES string of the molecule is [Si]CCC[NH+]1CCOCC1. The first-order chi connectivity index (χ1) is 4.93. The third-order valence-electron chi connectivity index (χ3n) is 1.91. The van der Waals surface area contributed by atoms with Crippen molar-refractivity contribution >= 4 is 10.2 Å². The summed E-state index contributed by atoms with van der Waals surface area (Å²) in [7, 11) is 3.48. The van der Waals surface area contributed by atoms with Gasteiger partial charge in [0.25, 0.3) is 0 Å². The monoisotopic (exact) mass is 157 g/mol. The van der Waals surface area contributed by atoms with Gasteiger partial charge in [0.15, 0.2) is 0 Å². The zero-order valence-corrected chi connectivity index (χ0v) is 7.36. The zero-order chi connectivity index (χ0) is 7.23. The molecular formula is C7H15NOSi+. The summed E-state index contributed by atoms with van der Waals surface area (Å²) in [6.07, 6.45) is 1.28. The van der Waals surface area contributed by atoms with Gasteiger partial charge in [-0.1, -0.05) is 6.04 Å². The highest BCUT2D eigenvalue weighted by Gasteiger charge is 2.11. The van der Waals surface area contributed by atoms with Crippen LogP contribution in [-0.4, -0.2) is 43.1 Å². The van der Waals surface area contributed by atoms with Gasteiger partial charge in [0, 0.05) is 10.2 Å². The number of nitrogens with one attached hydrogen (secondary N) is 1. The van der Waals surface area contributed by atoms with E-state index in [1.165, 1.54) is 26.1 Å². The highest BCUT2D eigenvalue weighted by molar-refractivity contribution is 6.08. The molecular weight excluding hydrogens is 142 g/mol. The van der Waals surface area contributed by atoms with Crippen LogP contribution in [0.5, 0.6) is 0 Å². The van der Waals surface area contributed by atoms with E-state index in [-0.39, 0.29) is 0 Å². The summed E-state index contributed by atoms with van der Waals surface area (Å²) in [6.45, 7) is 5.61. The Morgan fingerprint density at radius 3 is 2.60 bits per heavy atom. The van der Waals surface area contributed by atoms with Crippen molar-refractivity contribution in [2.24, 2.45) is 0 Å². The number of quaternary nitrogens is 1. The van der Waals surface area contributed by atoms with Crippen molar-refractivity contribution in [3.63, 3.8) is 0 Å². The maximum absolute atomic E-state index is 5.25. The number of hydrogen-bond acceptors (Lipinski definition) is 1. The van der Waals surface area contributed by atoms with E-state index in [0.29, 0.717) is 0 Å². The highest BCUT2D eigenvalue weighted by atomic mass is 28.1. The Labute approximate surface area is 66.0 Å². The van der Waals surface area contributed by atoms with Gasteiger partial charge in [0.1, 0.15) is 13.1 Å². The van der Waals surface area contributed by atoms with Crippen molar-refractivity contribution in [2.75, 3.05) is 32.8 Å². The van der Waals surface area contributed by atoms with Gasteiger partial charge < -0.3 is 9.64 Å². The van der Waals surface area contributed by atoms with Gasteiger partial charge in [0.05, 0.1) is 19.8 Å². The molecule has 0 amide bonds. The van der Waals surface area contributed by atoms with Gasteiger partial charge in [-0.05, 0) is 6.42 Å². The second-order valence-corrected chi connectivity index (χ2v) is 3.22. The standard InChI is InChI=1S/C7H14NOSi/c10-7-1-2-8-3-5-9-6-4-8/h1-7H2/p+1. The molecule has 57 valence electrons. The van der Waals surface area contributed by atoms with Gasteiger partial charge >= 0.3 is 0 Å². The third-order valence-corrected chi connectivity index (χ3v) is 2.26. The number of hydrogen-bond donors (Lipinski definition) is 1. The molecule has 0 atom stereocenters. The van der Waals surface area contributed by atoms with Crippen LogP contribution in [0.4, 0.5) is 0 Å². The molecule has 1 rings (SSSR count). The van der Waals surface area contributed by atoms with Crippen LogP contribution in [0.1, 0.15) is 6.42 Å². The van der Waals surface area contributed by atoms with Crippen molar-refractivity contribution < 1.29 is 9.64 Å². The molecule has 0 aliphatic carbocycles. The van der Waals surface area contributed by atoms with Crippen molar-refractivity contribution in [1.82, 2.24) is 0 Å². The smallest absolute Gasteiger partial charge is 0.101 e. The maximum Gasteiger partial charge on any atom is 0.101 e. The second kappa shape index (κ2) is 4.88. The van der Waals surface area contributed by atoms with E-state index in [0.717, 1.165) is 19.3 Å². The normalized spacial score (nSPS) is 21.3. The van der Waals surface area contributed by atoms with Crippen LogP contribution < -0.4 is 4.90 Å². The van der Waals surface area contributed by atoms with E-state index < -0.39 is 0 Å². The molecule has 3 heteroatoms. The van der Waals surface area contributed by atoms with E-state index >= 15 is 0 Å². The van der Waals surface area contributed by atoms with E-state index in [9.17, 15) is 0 Å². The Morgan fingerprint density at radius 1 is 1.30 bits per heavy atom. The summed E-state index contributed by atoms with van der Waals surface area (Å²) in [5, 5.41) is 0. The molecule has 0 aromatic heterocycles. The Kier molecular flexibility index (Phi) is 4.02. The van der Waals surface area contributed by atoms with Gasteiger partial charge in [0.2, 0.25) is 0 Å². The van der Waals surface area contributed by atoms with Crippen LogP contribution >= 0.6 is 0 Å². The molecule has 0 unspecified atom stereocenters. The first-order valence-corrected chi connectivity index (χ1v) is 4.70. The van der Waals surface area contributed by atoms with Crippen molar-refractivity contribution in [2.45, 2.75) is 12.5 Å². The molecule has 0 aromatic rings. The van der Waals surface area contributed by atoms with Crippen LogP contribution in [-0.2, 0) is 4.74 Å². The molecule has 1 aliphatic rings. The molecule has 0 spiro atoms. The third kappa shape index (κ3) is 2.81. The second-order valence-electron chi connectivity index (χ2n) is 2.72. The van der Waals surface area contributed by atoms with Crippen molar-refractivity contribution in [3.05, 3.63) is 0 Å².